The zero-order valence-electron chi connectivity index (χ0n) is 10.3. The van der Waals surface area contributed by atoms with E-state index in [1.165, 1.54) is 6.07 Å². The number of hydrogen-bond donors (Lipinski definition) is 1. The molecular weight excluding hydrogens is 219 g/mol. The highest BCUT2D eigenvalue weighted by atomic mass is 28.3. The van der Waals surface area contributed by atoms with Gasteiger partial charge in [0.1, 0.15) is 5.82 Å². The summed E-state index contributed by atoms with van der Waals surface area (Å²) in [5, 5.41) is 9.35. The molecule has 0 aliphatic carbocycles. The number of halogens is 1. The van der Waals surface area contributed by atoms with Crippen molar-refractivity contribution < 1.29 is 9.50 Å². The summed E-state index contributed by atoms with van der Waals surface area (Å²) in [5.41, 5.74) is 0.984. The minimum atomic E-state index is -1.16. The molecule has 90 valence electrons. The zero-order chi connectivity index (χ0) is 12.2. The van der Waals surface area contributed by atoms with Gasteiger partial charge in [0.15, 0.2) is 0 Å². The Hall–Kier alpha value is -0.673. The second kappa shape index (κ2) is 5.59. The van der Waals surface area contributed by atoms with Crippen molar-refractivity contribution >= 4 is 8.07 Å². The summed E-state index contributed by atoms with van der Waals surface area (Å²) in [5.74, 6) is 0.0793. The lowest BCUT2D eigenvalue weighted by molar-refractivity contribution is 0.236. The van der Waals surface area contributed by atoms with E-state index in [1.807, 2.05) is 6.07 Å². The molecule has 0 amide bonds. The van der Waals surface area contributed by atoms with Gasteiger partial charge in [-0.25, -0.2) is 4.39 Å². The van der Waals surface area contributed by atoms with Crippen LogP contribution in [0.3, 0.4) is 0 Å². The molecule has 0 fully saturated rings. The lowest BCUT2D eigenvalue weighted by Crippen LogP contribution is -2.26. The van der Waals surface area contributed by atoms with E-state index in [0.29, 0.717) is 0 Å². The first-order valence-corrected chi connectivity index (χ1v) is 9.47. The van der Waals surface area contributed by atoms with Gasteiger partial charge in [0, 0.05) is 14.7 Å². The number of hydrogen-bond acceptors (Lipinski definition) is 1. The molecule has 0 aromatic heterocycles. The zero-order valence-corrected chi connectivity index (χ0v) is 11.3. The molecule has 1 N–H and O–H groups in total. The summed E-state index contributed by atoms with van der Waals surface area (Å²) in [4.78, 5) is 0. The first-order chi connectivity index (χ1) is 7.40. The van der Waals surface area contributed by atoms with E-state index in [-0.39, 0.29) is 18.3 Å². The Labute approximate surface area is 98.3 Å². The molecular formula is C13H21FOSi. The monoisotopic (exact) mass is 240 g/mol. The second-order valence-corrected chi connectivity index (χ2v) is 11.2. The Kier molecular flexibility index (Phi) is 4.68. The third kappa shape index (κ3) is 4.90. The summed E-state index contributed by atoms with van der Waals surface area (Å²) >= 11 is 0. The SMILES string of the molecule is C[Si](C)(C)CC(CO)Cc1cccc(F)c1. The predicted molar refractivity (Wildman–Crippen MR) is 68.8 cm³/mol. The molecule has 16 heavy (non-hydrogen) atoms. The molecule has 0 aliphatic heterocycles. The molecule has 1 nitrogen and oxygen atoms in total. The fourth-order valence-electron chi connectivity index (χ4n) is 2.06. The summed E-state index contributed by atoms with van der Waals surface area (Å²) in [6.45, 7) is 7.07. The highest BCUT2D eigenvalue weighted by Crippen LogP contribution is 2.20. The van der Waals surface area contributed by atoms with Gasteiger partial charge in [-0.05, 0) is 30.0 Å². The van der Waals surface area contributed by atoms with E-state index < -0.39 is 8.07 Å². The minimum Gasteiger partial charge on any atom is -0.396 e. The summed E-state index contributed by atoms with van der Waals surface area (Å²) in [7, 11) is -1.16. The van der Waals surface area contributed by atoms with Crippen molar-refractivity contribution in [1.29, 1.82) is 0 Å². The molecule has 0 radical (unpaired) electrons. The van der Waals surface area contributed by atoms with Crippen LogP contribution in [-0.4, -0.2) is 19.8 Å². The third-order valence-corrected chi connectivity index (χ3v) is 4.37. The fraction of sp³-hybridized carbons (Fsp3) is 0.538. The van der Waals surface area contributed by atoms with Crippen molar-refractivity contribution in [2.24, 2.45) is 5.92 Å². The fourth-order valence-corrected chi connectivity index (χ4v) is 4.07. The van der Waals surface area contributed by atoms with Crippen LogP contribution in [0.4, 0.5) is 4.39 Å². The Morgan fingerprint density at radius 2 is 2.00 bits per heavy atom. The predicted octanol–water partition coefficient (Wildman–Crippen LogP) is 3.31. The van der Waals surface area contributed by atoms with E-state index in [9.17, 15) is 9.50 Å². The summed E-state index contributed by atoms with van der Waals surface area (Å²) in [6, 6.07) is 7.76. The van der Waals surface area contributed by atoms with Crippen molar-refractivity contribution in [3.63, 3.8) is 0 Å². The topological polar surface area (TPSA) is 20.2 Å². The number of aliphatic hydroxyl groups excluding tert-OH is 1. The molecule has 0 spiro atoms. The van der Waals surface area contributed by atoms with Crippen LogP contribution in [0.2, 0.25) is 25.7 Å². The molecule has 3 heteroatoms. The average Bonchev–Trinajstić information content (AvgIpc) is 2.14. The first kappa shape index (κ1) is 13.4. The first-order valence-electron chi connectivity index (χ1n) is 5.76. The molecule has 1 unspecified atom stereocenters. The van der Waals surface area contributed by atoms with Crippen LogP contribution in [0.15, 0.2) is 24.3 Å². The molecule has 0 saturated carbocycles. The largest absolute Gasteiger partial charge is 0.396 e. The number of aliphatic hydroxyl groups is 1. The Morgan fingerprint density at radius 3 is 2.50 bits per heavy atom. The van der Waals surface area contributed by atoms with Crippen LogP contribution < -0.4 is 0 Å². The van der Waals surface area contributed by atoms with Gasteiger partial charge in [-0.3, -0.25) is 0 Å². The molecule has 1 aromatic rings. The van der Waals surface area contributed by atoms with Gasteiger partial charge >= 0.3 is 0 Å². The molecule has 0 heterocycles. The Morgan fingerprint density at radius 1 is 1.31 bits per heavy atom. The molecule has 0 bridgehead atoms. The van der Waals surface area contributed by atoms with Gasteiger partial charge in [-0.2, -0.15) is 0 Å². The number of rotatable bonds is 5. The highest BCUT2D eigenvalue weighted by molar-refractivity contribution is 6.76. The molecule has 1 atom stereocenters. The second-order valence-electron chi connectivity index (χ2n) is 5.65. The normalized spacial score (nSPS) is 13.8. The van der Waals surface area contributed by atoms with E-state index in [4.69, 9.17) is 0 Å². The number of benzene rings is 1. The van der Waals surface area contributed by atoms with Gasteiger partial charge in [0.25, 0.3) is 0 Å². The van der Waals surface area contributed by atoms with E-state index in [2.05, 4.69) is 19.6 Å². The lowest BCUT2D eigenvalue weighted by Gasteiger charge is -2.23. The highest BCUT2D eigenvalue weighted by Gasteiger charge is 2.20. The smallest absolute Gasteiger partial charge is 0.123 e. The van der Waals surface area contributed by atoms with Crippen molar-refractivity contribution in [3.8, 4) is 0 Å². The van der Waals surface area contributed by atoms with E-state index >= 15 is 0 Å². The van der Waals surface area contributed by atoms with Crippen LogP contribution in [0.5, 0.6) is 0 Å². The van der Waals surface area contributed by atoms with Crippen LogP contribution in [0, 0.1) is 11.7 Å². The van der Waals surface area contributed by atoms with Gasteiger partial charge in [0.2, 0.25) is 0 Å². The van der Waals surface area contributed by atoms with Gasteiger partial charge in [-0.1, -0.05) is 37.8 Å². The summed E-state index contributed by atoms with van der Waals surface area (Å²) in [6.07, 6.45) is 0.776. The maximum Gasteiger partial charge on any atom is 0.123 e. The maximum absolute atomic E-state index is 13.0. The van der Waals surface area contributed by atoms with Crippen LogP contribution >= 0.6 is 0 Å². The molecule has 1 rings (SSSR count). The van der Waals surface area contributed by atoms with Crippen LogP contribution in [0.25, 0.3) is 0 Å². The van der Waals surface area contributed by atoms with Crippen molar-refractivity contribution in [3.05, 3.63) is 35.6 Å². The summed E-state index contributed by atoms with van der Waals surface area (Å²) < 4.78 is 13.0. The van der Waals surface area contributed by atoms with Crippen molar-refractivity contribution in [2.75, 3.05) is 6.61 Å². The van der Waals surface area contributed by atoms with E-state index in [0.717, 1.165) is 18.0 Å². The van der Waals surface area contributed by atoms with Gasteiger partial charge < -0.3 is 5.11 Å². The van der Waals surface area contributed by atoms with Crippen molar-refractivity contribution in [1.82, 2.24) is 0 Å². The molecule has 1 aromatic carbocycles. The quantitative estimate of drug-likeness (QED) is 0.783. The molecule has 0 aliphatic rings. The van der Waals surface area contributed by atoms with Gasteiger partial charge in [0.05, 0.1) is 0 Å². The van der Waals surface area contributed by atoms with Crippen LogP contribution in [0.1, 0.15) is 5.56 Å². The lowest BCUT2D eigenvalue weighted by atomic mass is 10.0. The standard InChI is InChI=1S/C13H21FOSi/c1-16(2,3)10-12(9-15)7-11-5-4-6-13(14)8-11/h4-6,8,12,15H,7,9-10H2,1-3H3. The third-order valence-electron chi connectivity index (χ3n) is 2.57. The van der Waals surface area contributed by atoms with E-state index in [1.54, 1.807) is 12.1 Å². The van der Waals surface area contributed by atoms with Crippen LogP contribution in [-0.2, 0) is 6.42 Å². The maximum atomic E-state index is 13.0. The Balaban J connectivity index is 2.63. The minimum absolute atomic E-state index is 0.192. The average molecular weight is 240 g/mol. The van der Waals surface area contributed by atoms with Crippen molar-refractivity contribution in [2.45, 2.75) is 32.1 Å². The van der Waals surface area contributed by atoms with Gasteiger partial charge in [-0.15, -0.1) is 0 Å². The Bertz CT molecular complexity index is 333. The molecule has 0 saturated heterocycles.